The number of hydrogen-bond acceptors (Lipinski definition) is 4. The average Bonchev–Trinajstić information content (AvgIpc) is 3.02. The van der Waals surface area contributed by atoms with Gasteiger partial charge in [0.05, 0.1) is 24.2 Å². The number of phenols is 1. The van der Waals surface area contributed by atoms with E-state index in [1.165, 1.54) is 11.1 Å². The Balaban J connectivity index is 1.79. The molecule has 0 saturated heterocycles. The van der Waals surface area contributed by atoms with Gasteiger partial charge in [0.1, 0.15) is 18.1 Å². The highest BCUT2D eigenvalue weighted by molar-refractivity contribution is 6.16. The van der Waals surface area contributed by atoms with Crippen molar-refractivity contribution in [2.45, 2.75) is 34.2 Å². The molecule has 0 aliphatic heterocycles. The number of carbonyl (C=O) groups excluding carboxylic acids is 1. The molecule has 0 aliphatic rings. The number of ether oxygens (including phenoxy) is 2. The highest BCUT2D eigenvalue weighted by Crippen LogP contribution is 2.37. The number of aromatic hydroxyl groups is 1. The summed E-state index contributed by atoms with van der Waals surface area (Å²) in [5.74, 6) is 0.594. The predicted octanol–water partition coefficient (Wildman–Crippen LogP) is 5.68. The maximum atomic E-state index is 12.8. The van der Waals surface area contributed by atoms with E-state index in [4.69, 9.17) is 9.47 Å². The van der Waals surface area contributed by atoms with Crippen LogP contribution in [0.4, 0.5) is 0 Å². The number of hydrogen-bond donors (Lipinski definition) is 1. The van der Waals surface area contributed by atoms with Crippen LogP contribution >= 0.6 is 0 Å². The Bertz CT molecular complexity index is 1290. The molecule has 1 aromatic heterocycles. The first-order valence-corrected chi connectivity index (χ1v) is 10.5. The van der Waals surface area contributed by atoms with Gasteiger partial charge in [0.25, 0.3) is 0 Å². The van der Waals surface area contributed by atoms with Crippen LogP contribution in [0.2, 0.25) is 0 Å². The predicted molar refractivity (Wildman–Crippen MR) is 123 cm³/mol. The monoisotopic (exact) mass is 417 g/mol. The Labute approximate surface area is 181 Å². The zero-order chi connectivity index (χ0) is 22.1. The van der Waals surface area contributed by atoms with Crippen LogP contribution in [0.3, 0.4) is 0 Å². The van der Waals surface area contributed by atoms with E-state index in [1.54, 1.807) is 13.0 Å². The van der Waals surface area contributed by atoms with Crippen LogP contribution in [0.15, 0.2) is 48.5 Å². The third kappa shape index (κ3) is 3.72. The zero-order valence-electron chi connectivity index (χ0n) is 18.4. The quantitative estimate of drug-likeness (QED) is 0.410. The second kappa shape index (κ2) is 8.34. The summed E-state index contributed by atoms with van der Waals surface area (Å²) in [5, 5.41) is 12.9. The van der Waals surface area contributed by atoms with Gasteiger partial charge in [-0.2, -0.15) is 0 Å². The van der Waals surface area contributed by atoms with E-state index in [-0.39, 0.29) is 11.7 Å². The highest BCUT2D eigenvalue weighted by Gasteiger charge is 2.23. The lowest BCUT2D eigenvalue weighted by Gasteiger charge is -2.13. The van der Waals surface area contributed by atoms with Crippen LogP contribution in [-0.2, 0) is 11.3 Å². The lowest BCUT2D eigenvalue weighted by Crippen LogP contribution is -2.11. The fourth-order valence-electron chi connectivity index (χ4n) is 4.12. The minimum atomic E-state index is -0.381. The van der Waals surface area contributed by atoms with Crippen molar-refractivity contribution in [3.8, 4) is 11.5 Å². The van der Waals surface area contributed by atoms with Crippen LogP contribution in [-0.4, -0.2) is 28.9 Å². The number of rotatable bonds is 6. The Morgan fingerprint density at radius 3 is 2.42 bits per heavy atom. The molecule has 0 aliphatic carbocycles. The molecule has 0 spiro atoms. The van der Waals surface area contributed by atoms with Gasteiger partial charge in [-0.25, -0.2) is 4.79 Å². The Hall–Kier alpha value is -3.47. The molecular formula is C26H27NO4. The normalized spacial score (nSPS) is 11.2. The minimum Gasteiger partial charge on any atom is -0.507 e. The average molecular weight is 418 g/mol. The van der Waals surface area contributed by atoms with E-state index >= 15 is 0 Å². The van der Waals surface area contributed by atoms with Crippen molar-refractivity contribution >= 4 is 27.6 Å². The number of aromatic nitrogens is 1. The summed E-state index contributed by atoms with van der Waals surface area (Å²) in [5.41, 5.74) is 4.60. The number of esters is 1. The van der Waals surface area contributed by atoms with Gasteiger partial charge >= 0.3 is 5.97 Å². The SMILES string of the molecule is CCOC(=O)c1c(C)n(CCOc2ccc(C)c(C)c2)c2c1cc(O)c1ccccc12. The van der Waals surface area contributed by atoms with Gasteiger partial charge in [0.2, 0.25) is 0 Å². The van der Waals surface area contributed by atoms with Crippen molar-refractivity contribution < 1.29 is 19.4 Å². The van der Waals surface area contributed by atoms with Crippen LogP contribution in [0.1, 0.15) is 34.1 Å². The molecule has 1 N–H and O–H groups in total. The first-order chi connectivity index (χ1) is 14.9. The molecule has 0 bridgehead atoms. The Morgan fingerprint density at radius 2 is 1.71 bits per heavy atom. The standard InChI is InChI=1S/C26H27NO4/c1-5-30-26(29)24-18(4)27(12-13-31-19-11-10-16(2)17(3)14-19)25-21-9-7-6-8-20(21)23(28)15-22(24)25/h6-11,14-15,28H,5,12-13H2,1-4H3. The largest absolute Gasteiger partial charge is 0.507 e. The first-order valence-electron chi connectivity index (χ1n) is 10.5. The van der Waals surface area contributed by atoms with E-state index < -0.39 is 0 Å². The molecule has 5 heteroatoms. The lowest BCUT2D eigenvalue weighted by atomic mass is 10.0. The molecule has 160 valence electrons. The van der Waals surface area contributed by atoms with Gasteiger partial charge in [0, 0.05) is 21.9 Å². The number of nitrogens with zero attached hydrogens (tertiary/aromatic N) is 1. The molecule has 0 unspecified atom stereocenters. The van der Waals surface area contributed by atoms with Crippen molar-refractivity contribution in [2.24, 2.45) is 0 Å². The number of fused-ring (bicyclic) bond motifs is 3. The van der Waals surface area contributed by atoms with E-state index in [2.05, 4.69) is 24.5 Å². The van der Waals surface area contributed by atoms with Crippen LogP contribution in [0.5, 0.6) is 11.5 Å². The van der Waals surface area contributed by atoms with E-state index in [9.17, 15) is 9.90 Å². The van der Waals surface area contributed by atoms with Gasteiger partial charge in [0.15, 0.2) is 0 Å². The van der Waals surface area contributed by atoms with Crippen molar-refractivity contribution in [1.29, 1.82) is 0 Å². The van der Waals surface area contributed by atoms with Gasteiger partial charge in [-0.3, -0.25) is 0 Å². The van der Waals surface area contributed by atoms with Crippen LogP contribution < -0.4 is 4.74 Å². The number of aryl methyl sites for hydroxylation is 2. The minimum absolute atomic E-state index is 0.150. The summed E-state index contributed by atoms with van der Waals surface area (Å²) in [7, 11) is 0. The lowest BCUT2D eigenvalue weighted by molar-refractivity contribution is 0.0527. The maximum Gasteiger partial charge on any atom is 0.340 e. The van der Waals surface area contributed by atoms with Crippen molar-refractivity contribution in [3.63, 3.8) is 0 Å². The van der Waals surface area contributed by atoms with Crippen molar-refractivity contribution in [2.75, 3.05) is 13.2 Å². The van der Waals surface area contributed by atoms with Crippen LogP contribution in [0, 0.1) is 20.8 Å². The van der Waals surface area contributed by atoms with E-state index in [1.807, 2.05) is 43.3 Å². The van der Waals surface area contributed by atoms with Gasteiger partial charge in [-0.1, -0.05) is 30.3 Å². The fraction of sp³-hybridized carbons (Fsp3) is 0.269. The van der Waals surface area contributed by atoms with Crippen molar-refractivity contribution in [1.82, 2.24) is 4.57 Å². The maximum absolute atomic E-state index is 12.8. The van der Waals surface area contributed by atoms with Gasteiger partial charge < -0.3 is 19.1 Å². The molecule has 0 radical (unpaired) electrons. The van der Waals surface area contributed by atoms with Crippen LogP contribution in [0.25, 0.3) is 21.7 Å². The van der Waals surface area contributed by atoms with Gasteiger partial charge in [-0.15, -0.1) is 0 Å². The Kier molecular flexibility index (Phi) is 5.59. The molecule has 4 rings (SSSR count). The molecule has 31 heavy (non-hydrogen) atoms. The highest BCUT2D eigenvalue weighted by atomic mass is 16.5. The number of phenolic OH excluding ortho intramolecular Hbond substituents is 1. The zero-order valence-corrected chi connectivity index (χ0v) is 18.4. The summed E-state index contributed by atoms with van der Waals surface area (Å²) < 4.78 is 13.4. The summed E-state index contributed by atoms with van der Waals surface area (Å²) in [4.78, 5) is 12.8. The summed E-state index contributed by atoms with van der Waals surface area (Å²) >= 11 is 0. The molecule has 0 amide bonds. The second-order valence-electron chi connectivity index (χ2n) is 7.76. The molecule has 1 heterocycles. The molecule has 0 atom stereocenters. The molecule has 5 nitrogen and oxygen atoms in total. The molecule has 4 aromatic rings. The molecule has 0 saturated carbocycles. The summed E-state index contributed by atoms with van der Waals surface area (Å²) in [6, 6.07) is 15.4. The molecule has 0 fully saturated rings. The number of benzene rings is 3. The van der Waals surface area contributed by atoms with E-state index in [0.29, 0.717) is 30.7 Å². The summed E-state index contributed by atoms with van der Waals surface area (Å²) in [6.07, 6.45) is 0. The summed E-state index contributed by atoms with van der Waals surface area (Å²) in [6.45, 7) is 9.14. The third-order valence-electron chi connectivity index (χ3n) is 5.84. The fourth-order valence-corrected chi connectivity index (χ4v) is 4.12. The topological polar surface area (TPSA) is 60.7 Å². The number of carbonyl (C=O) groups is 1. The molecular weight excluding hydrogens is 390 g/mol. The molecule has 3 aromatic carbocycles. The van der Waals surface area contributed by atoms with Gasteiger partial charge in [-0.05, 0) is 57.0 Å². The smallest absolute Gasteiger partial charge is 0.340 e. The van der Waals surface area contributed by atoms with Crippen molar-refractivity contribution in [3.05, 3.63) is 70.9 Å². The third-order valence-corrected chi connectivity index (χ3v) is 5.84. The first kappa shape index (κ1) is 20.8. The van der Waals surface area contributed by atoms with E-state index in [0.717, 1.165) is 27.7 Å². The Morgan fingerprint density at radius 1 is 0.968 bits per heavy atom. The second-order valence-corrected chi connectivity index (χ2v) is 7.76.